The van der Waals surface area contributed by atoms with E-state index in [0.717, 1.165) is 36.1 Å². The summed E-state index contributed by atoms with van der Waals surface area (Å²) in [6, 6.07) is 13.5. The molecule has 0 fully saturated rings. The number of unbranched alkanes of at least 4 members (excludes halogenated alkanes) is 2. The average Bonchev–Trinajstić information content (AvgIpc) is 2.82. The maximum Gasteiger partial charge on any atom is 0.253 e. The minimum Gasteiger partial charge on any atom is -0.497 e. The van der Waals surface area contributed by atoms with Crippen LogP contribution in [0.3, 0.4) is 0 Å². The summed E-state index contributed by atoms with van der Waals surface area (Å²) in [5.74, 6) is -0.00275. The summed E-state index contributed by atoms with van der Waals surface area (Å²) in [4.78, 5) is 13.0. The molecule has 0 aromatic heterocycles. The normalized spacial score (nSPS) is 13.6. The molecule has 6 heteroatoms. The van der Waals surface area contributed by atoms with E-state index in [1.165, 1.54) is 13.2 Å². The van der Waals surface area contributed by atoms with Gasteiger partial charge in [-0.15, -0.1) is 0 Å². The smallest absolute Gasteiger partial charge is 0.253 e. The van der Waals surface area contributed by atoms with Gasteiger partial charge in [0.2, 0.25) is 0 Å². The van der Waals surface area contributed by atoms with E-state index < -0.39 is 17.5 Å². The van der Waals surface area contributed by atoms with Gasteiger partial charge in [-0.05, 0) is 47.7 Å². The van der Waals surface area contributed by atoms with Crippen LogP contribution in [0, 0.1) is 17.1 Å². The van der Waals surface area contributed by atoms with Crippen molar-refractivity contribution < 1.29 is 18.7 Å². The second-order valence-electron chi connectivity index (χ2n) is 7.90. The van der Waals surface area contributed by atoms with Crippen LogP contribution in [-0.4, -0.2) is 31.8 Å². The highest BCUT2D eigenvalue weighted by Crippen LogP contribution is 2.26. The topological polar surface area (TPSA) is 71.3 Å². The predicted molar refractivity (Wildman–Crippen MR) is 124 cm³/mol. The molecule has 0 bridgehead atoms. The van der Waals surface area contributed by atoms with Gasteiger partial charge in [-0.1, -0.05) is 57.4 Å². The third kappa shape index (κ3) is 6.30. The van der Waals surface area contributed by atoms with Gasteiger partial charge >= 0.3 is 0 Å². The lowest BCUT2D eigenvalue weighted by atomic mass is 9.91. The van der Waals surface area contributed by atoms with Crippen LogP contribution in [0.5, 0.6) is 5.75 Å². The van der Waals surface area contributed by atoms with Gasteiger partial charge in [0.05, 0.1) is 13.2 Å². The molecule has 172 valence electrons. The number of hydrogen-bond acceptors (Lipinski definition) is 4. The summed E-state index contributed by atoms with van der Waals surface area (Å²) in [5.41, 5.74) is 0.994. The molecule has 0 saturated carbocycles. The lowest BCUT2D eigenvalue weighted by Gasteiger charge is -2.31. The van der Waals surface area contributed by atoms with Gasteiger partial charge in [-0.3, -0.25) is 4.79 Å². The number of amides is 1. The highest BCUT2D eigenvalue weighted by atomic mass is 19.1. The zero-order valence-electron chi connectivity index (χ0n) is 19.4. The Kier molecular flexibility index (Phi) is 9.67. The van der Waals surface area contributed by atoms with Crippen molar-refractivity contribution >= 4 is 5.91 Å². The van der Waals surface area contributed by atoms with E-state index in [1.54, 1.807) is 13.2 Å². The molecule has 0 aliphatic carbocycles. The zero-order valence-corrected chi connectivity index (χ0v) is 19.4. The van der Waals surface area contributed by atoms with Gasteiger partial charge in [-0.2, -0.15) is 5.26 Å². The van der Waals surface area contributed by atoms with Crippen molar-refractivity contribution in [2.24, 2.45) is 0 Å². The molecule has 0 spiro atoms. The highest BCUT2D eigenvalue weighted by molar-refractivity contribution is 5.85. The first-order valence-electron chi connectivity index (χ1n) is 11.1. The van der Waals surface area contributed by atoms with Gasteiger partial charge in [0.15, 0.2) is 0 Å². The molecule has 2 unspecified atom stereocenters. The summed E-state index contributed by atoms with van der Waals surface area (Å²) in [6.07, 6.45) is 4.08. The first kappa shape index (κ1) is 25.4. The molecule has 2 aromatic rings. The number of halogens is 1. The van der Waals surface area contributed by atoms with Crippen LogP contribution in [0.2, 0.25) is 0 Å². The number of nitrogens with one attached hydrogen (secondary N) is 1. The number of methoxy groups -OCH3 is 2. The summed E-state index contributed by atoms with van der Waals surface area (Å²) >= 11 is 0. The molecule has 2 aromatic carbocycles. The van der Waals surface area contributed by atoms with Crippen molar-refractivity contribution in [1.29, 1.82) is 5.26 Å². The Morgan fingerprint density at radius 3 is 2.34 bits per heavy atom. The van der Waals surface area contributed by atoms with Crippen LogP contribution in [0.1, 0.15) is 51.5 Å². The lowest BCUT2D eigenvalue weighted by molar-refractivity contribution is -0.145. The van der Waals surface area contributed by atoms with Gasteiger partial charge in [0.25, 0.3) is 5.91 Å². The first-order chi connectivity index (χ1) is 15.4. The Hall–Kier alpha value is -2.91. The van der Waals surface area contributed by atoms with Gasteiger partial charge < -0.3 is 14.8 Å². The standard InChI is InChI=1S/C26H33FN2O3/c1-5-7-8-15-26(6-2,32-4)25(30)29-22(18-28)16-21-10-9-20(17-24(21)27)19-11-13-23(31-3)14-12-19/h9-14,17,22H,5-8,15-16H2,1-4H3,(H,29,30). The van der Waals surface area contributed by atoms with Crippen LogP contribution in [0.15, 0.2) is 42.5 Å². The Morgan fingerprint density at radius 1 is 1.12 bits per heavy atom. The number of rotatable bonds is 12. The van der Waals surface area contributed by atoms with E-state index >= 15 is 0 Å². The maximum absolute atomic E-state index is 14.8. The molecule has 0 aliphatic rings. The minimum absolute atomic E-state index is 0.0788. The zero-order chi connectivity index (χ0) is 23.6. The Balaban J connectivity index is 2.12. The van der Waals surface area contributed by atoms with Crippen molar-refractivity contribution in [3.8, 4) is 22.9 Å². The van der Waals surface area contributed by atoms with Crippen molar-refractivity contribution in [2.45, 2.75) is 64.0 Å². The largest absolute Gasteiger partial charge is 0.497 e. The van der Waals surface area contributed by atoms with Crippen LogP contribution >= 0.6 is 0 Å². The number of benzene rings is 2. The molecule has 2 atom stereocenters. The molecule has 0 radical (unpaired) electrons. The molecule has 2 rings (SSSR count). The number of ether oxygens (including phenoxy) is 2. The molecule has 0 saturated heterocycles. The summed E-state index contributed by atoms with van der Waals surface area (Å²) in [7, 11) is 3.12. The van der Waals surface area contributed by atoms with Crippen LogP contribution in [0.25, 0.3) is 11.1 Å². The summed E-state index contributed by atoms with van der Waals surface area (Å²) < 4.78 is 25.6. The van der Waals surface area contributed by atoms with E-state index in [-0.39, 0.29) is 12.3 Å². The predicted octanol–water partition coefficient (Wildman–Crippen LogP) is 5.43. The molecule has 0 aliphatic heterocycles. The number of nitrogens with zero attached hydrogens (tertiary/aromatic N) is 1. The molecule has 5 nitrogen and oxygen atoms in total. The second kappa shape index (κ2) is 12.2. The number of nitriles is 1. The first-order valence-corrected chi connectivity index (χ1v) is 11.1. The molecular formula is C26H33FN2O3. The van der Waals surface area contributed by atoms with Crippen LogP contribution < -0.4 is 10.1 Å². The van der Waals surface area contributed by atoms with E-state index in [0.29, 0.717) is 18.4 Å². The fourth-order valence-electron chi connectivity index (χ4n) is 3.77. The van der Waals surface area contributed by atoms with Gasteiger partial charge in [-0.25, -0.2) is 4.39 Å². The minimum atomic E-state index is -0.971. The molecule has 0 heterocycles. The Labute approximate surface area is 190 Å². The monoisotopic (exact) mass is 440 g/mol. The maximum atomic E-state index is 14.8. The Morgan fingerprint density at radius 2 is 1.81 bits per heavy atom. The number of carbonyl (C=O) groups is 1. The SMILES string of the molecule is CCCCCC(CC)(OC)C(=O)NC(C#N)Cc1ccc(-c2ccc(OC)cc2)cc1F. The summed E-state index contributed by atoms with van der Waals surface area (Å²) in [5, 5.41) is 12.4. The van der Waals surface area contributed by atoms with Crippen molar-refractivity contribution in [1.82, 2.24) is 5.32 Å². The average molecular weight is 441 g/mol. The Bertz CT molecular complexity index is 918. The van der Waals surface area contributed by atoms with Crippen molar-refractivity contribution in [3.05, 3.63) is 53.8 Å². The van der Waals surface area contributed by atoms with E-state index in [1.807, 2.05) is 37.3 Å². The quantitative estimate of drug-likeness (QED) is 0.447. The second-order valence-corrected chi connectivity index (χ2v) is 7.90. The fraction of sp³-hybridized carbons (Fsp3) is 0.462. The van der Waals surface area contributed by atoms with Gasteiger partial charge in [0, 0.05) is 13.5 Å². The van der Waals surface area contributed by atoms with Gasteiger partial charge in [0.1, 0.15) is 23.2 Å². The number of hydrogen-bond donors (Lipinski definition) is 1. The third-order valence-electron chi connectivity index (χ3n) is 5.92. The molecule has 1 amide bonds. The van der Waals surface area contributed by atoms with E-state index in [2.05, 4.69) is 18.3 Å². The molecular weight excluding hydrogens is 407 g/mol. The highest BCUT2D eigenvalue weighted by Gasteiger charge is 2.37. The van der Waals surface area contributed by atoms with Crippen LogP contribution in [0.4, 0.5) is 4.39 Å². The molecule has 1 N–H and O–H groups in total. The molecule has 32 heavy (non-hydrogen) atoms. The fourth-order valence-corrected chi connectivity index (χ4v) is 3.77. The number of carbonyl (C=O) groups excluding carboxylic acids is 1. The van der Waals surface area contributed by atoms with E-state index in [4.69, 9.17) is 9.47 Å². The van der Waals surface area contributed by atoms with E-state index in [9.17, 15) is 14.4 Å². The van der Waals surface area contributed by atoms with Crippen molar-refractivity contribution in [2.75, 3.05) is 14.2 Å². The third-order valence-corrected chi connectivity index (χ3v) is 5.92. The summed E-state index contributed by atoms with van der Waals surface area (Å²) in [6.45, 7) is 3.99. The van der Waals surface area contributed by atoms with Crippen molar-refractivity contribution in [3.63, 3.8) is 0 Å². The lowest BCUT2D eigenvalue weighted by Crippen LogP contribution is -2.51. The van der Waals surface area contributed by atoms with Crippen LogP contribution in [-0.2, 0) is 16.0 Å².